The maximum Gasteiger partial charge on any atom is 0.309 e. The van der Waals surface area contributed by atoms with E-state index in [-0.39, 0.29) is 17.8 Å². The average Bonchev–Trinajstić information content (AvgIpc) is 3.05. The third kappa shape index (κ3) is 2.88. The molecule has 2 nitrogen and oxygen atoms in total. The summed E-state index contributed by atoms with van der Waals surface area (Å²) >= 11 is 0. The summed E-state index contributed by atoms with van der Waals surface area (Å²) in [5.41, 5.74) is 1.05. The molecule has 2 heteroatoms. The van der Waals surface area contributed by atoms with E-state index in [9.17, 15) is 4.79 Å². The fourth-order valence-corrected chi connectivity index (χ4v) is 3.21. The summed E-state index contributed by atoms with van der Waals surface area (Å²) in [6.07, 6.45) is 13.4. The van der Waals surface area contributed by atoms with Crippen LogP contribution in [0.1, 0.15) is 26.2 Å². The van der Waals surface area contributed by atoms with Crippen LogP contribution in [0.25, 0.3) is 0 Å². The minimum atomic E-state index is -0.0302. The van der Waals surface area contributed by atoms with Gasteiger partial charge in [0, 0.05) is 12.3 Å². The molecule has 4 atom stereocenters. The third-order valence-electron chi connectivity index (χ3n) is 4.36. The Morgan fingerprint density at radius 3 is 3.00 bits per heavy atom. The molecule has 1 fully saturated rings. The molecule has 0 heterocycles. The van der Waals surface area contributed by atoms with E-state index in [0.717, 1.165) is 24.8 Å². The van der Waals surface area contributed by atoms with Crippen molar-refractivity contribution in [3.05, 3.63) is 36.0 Å². The van der Waals surface area contributed by atoms with Crippen LogP contribution in [0.5, 0.6) is 0 Å². The normalized spacial score (nSPS) is 36.5. The first kappa shape index (κ1) is 13.2. The highest BCUT2D eigenvalue weighted by atomic mass is 16.5. The van der Waals surface area contributed by atoms with Crippen LogP contribution < -0.4 is 0 Å². The van der Waals surface area contributed by atoms with Crippen molar-refractivity contribution in [2.75, 3.05) is 6.61 Å². The van der Waals surface area contributed by atoms with Crippen LogP contribution in [0.3, 0.4) is 0 Å². The van der Waals surface area contributed by atoms with Crippen LogP contribution in [-0.4, -0.2) is 12.6 Å². The molecule has 0 aromatic rings. The van der Waals surface area contributed by atoms with Crippen LogP contribution in [0.2, 0.25) is 0 Å². The van der Waals surface area contributed by atoms with Gasteiger partial charge in [-0.25, -0.2) is 0 Å². The van der Waals surface area contributed by atoms with Crippen molar-refractivity contribution >= 4 is 5.97 Å². The van der Waals surface area contributed by atoms with E-state index in [4.69, 9.17) is 4.74 Å². The molecule has 4 unspecified atom stereocenters. The zero-order chi connectivity index (χ0) is 13.9. The molecule has 3 rings (SSSR count). The van der Waals surface area contributed by atoms with E-state index in [2.05, 4.69) is 37.0 Å². The van der Waals surface area contributed by atoms with Gasteiger partial charge in [-0.3, -0.25) is 4.79 Å². The molecular weight excluding hydrogens is 248 g/mol. The fraction of sp³-hybridized carbons (Fsp3) is 0.500. The van der Waals surface area contributed by atoms with E-state index >= 15 is 0 Å². The highest BCUT2D eigenvalue weighted by molar-refractivity contribution is 5.74. The Hall–Kier alpha value is -1.75. The van der Waals surface area contributed by atoms with Gasteiger partial charge < -0.3 is 4.74 Å². The Balaban J connectivity index is 1.55. The summed E-state index contributed by atoms with van der Waals surface area (Å²) in [6, 6.07) is 0. The monoisotopic (exact) mass is 268 g/mol. The molecule has 0 N–H and O–H groups in total. The van der Waals surface area contributed by atoms with Crippen molar-refractivity contribution in [1.29, 1.82) is 0 Å². The van der Waals surface area contributed by atoms with Crippen molar-refractivity contribution in [2.45, 2.75) is 26.2 Å². The fourth-order valence-electron chi connectivity index (χ4n) is 3.21. The molecule has 20 heavy (non-hydrogen) atoms. The molecule has 1 saturated carbocycles. The van der Waals surface area contributed by atoms with Crippen molar-refractivity contribution in [1.82, 2.24) is 0 Å². The van der Waals surface area contributed by atoms with Gasteiger partial charge in [0.1, 0.15) is 6.61 Å². The average molecular weight is 268 g/mol. The highest BCUT2D eigenvalue weighted by Gasteiger charge is 2.40. The van der Waals surface area contributed by atoms with Gasteiger partial charge in [-0.1, -0.05) is 42.2 Å². The predicted molar refractivity (Wildman–Crippen MR) is 78.6 cm³/mol. The predicted octanol–water partition coefficient (Wildman–Crippen LogP) is 3.27. The number of fused-ring (bicyclic) bond motifs is 2. The van der Waals surface area contributed by atoms with E-state index in [1.54, 1.807) is 0 Å². The Morgan fingerprint density at radius 1 is 1.35 bits per heavy atom. The van der Waals surface area contributed by atoms with Crippen molar-refractivity contribution in [3.8, 4) is 11.8 Å². The van der Waals surface area contributed by atoms with Gasteiger partial charge >= 0.3 is 5.97 Å². The van der Waals surface area contributed by atoms with Crippen LogP contribution in [0.4, 0.5) is 0 Å². The van der Waals surface area contributed by atoms with Gasteiger partial charge in [0.25, 0.3) is 0 Å². The van der Waals surface area contributed by atoms with Crippen molar-refractivity contribution in [2.24, 2.45) is 23.7 Å². The molecule has 104 valence electrons. The minimum Gasteiger partial charge on any atom is -0.461 e. The molecule has 0 saturated heterocycles. The summed E-state index contributed by atoms with van der Waals surface area (Å²) in [4.78, 5) is 12.2. The van der Waals surface area contributed by atoms with E-state index in [0.29, 0.717) is 18.4 Å². The first-order valence-corrected chi connectivity index (χ1v) is 7.43. The number of allylic oxidation sites excluding steroid dienone is 4. The number of rotatable bonds is 3. The second kappa shape index (κ2) is 5.71. The van der Waals surface area contributed by atoms with Gasteiger partial charge in [-0.15, -0.1) is 0 Å². The van der Waals surface area contributed by atoms with Crippen molar-refractivity contribution in [3.63, 3.8) is 0 Å². The molecule has 2 bridgehead atoms. The van der Waals surface area contributed by atoms with Gasteiger partial charge in [0.15, 0.2) is 0 Å². The van der Waals surface area contributed by atoms with E-state index in [1.165, 1.54) is 0 Å². The number of hydrogen-bond donors (Lipinski definition) is 0. The van der Waals surface area contributed by atoms with Crippen LogP contribution in [0, 0.1) is 35.5 Å². The summed E-state index contributed by atoms with van der Waals surface area (Å²) in [5, 5.41) is 0. The zero-order valence-corrected chi connectivity index (χ0v) is 11.8. The quantitative estimate of drug-likeness (QED) is 0.446. The van der Waals surface area contributed by atoms with E-state index < -0.39 is 0 Å². The van der Waals surface area contributed by atoms with Crippen LogP contribution in [0.15, 0.2) is 36.0 Å². The van der Waals surface area contributed by atoms with Crippen LogP contribution in [-0.2, 0) is 9.53 Å². The van der Waals surface area contributed by atoms with Crippen LogP contribution >= 0.6 is 0 Å². The lowest BCUT2D eigenvalue weighted by molar-refractivity contribution is -0.148. The molecule has 0 aliphatic heterocycles. The number of carbonyl (C=O) groups is 1. The smallest absolute Gasteiger partial charge is 0.309 e. The Labute approximate surface area is 120 Å². The lowest BCUT2D eigenvalue weighted by Crippen LogP contribution is -2.22. The molecule has 0 radical (unpaired) electrons. The number of carbonyl (C=O) groups excluding carboxylic acids is 1. The van der Waals surface area contributed by atoms with Crippen molar-refractivity contribution < 1.29 is 9.53 Å². The zero-order valence-electron chi connectivity index (χ0n) is 11.8. The molecule has 0 amide bonds. The van der Waals surface area contributed by atoms with Gasteiger partial charge in [0.05, 0.1) is 5.92 Å². The Morgan fingerprint density at radius 2 is 2.25 bits per heavy atom. The molecular formula is C18H20O2. The topological polar surface area (TPSA) is 26.3 Å². The summed E-state index contributed by atoms with van der Waals surface area (Å²) < 4.78 is 5.51. The summed E-state index contributed by atoms with van der Waals surface area (Å²) in [7, 11) is 0. The lowest BCUT2D eigenvalue weighted by Gasteiger charge is -2.17. The van der Waals surface area contributed by atoms with E-state index in [1.807, 2.05) is 12.2 Å². The third-order valence-corrected chi connectivity index (χ3v) is 4.36. The second-order valence-corrected chi connectivity index (χ2v) is 5.95. The largest absolute Gasteiger partial charge is 0.461 e. The molecule has 3 aliphatic rings. The van der Waals surface area contributed by atoms with Gasteiger partial charge in [-0.2, -0.15) is 0 Å². The first-order valence-electron chi connectivity index (χ1n) is 7.43. The summed E-state index contributed by atoms with van der Waals surface area (Å²) in [5.74, 6) is 7.59. The highest BCUT2D eigenvalue weighted by Crippen LogP contribution is 2.43. The molecule has 0 aromatic heterocycles. The molecule has 3 aliphatic carbocycles. The SMILES string of the molecule is CC1C#CC/C=C(/COC(=O)C2CC3C=CC2C3)C=C1. The number of hydrogen-bond acceptors (Lipinski definition) is 2. The second-order valence-electron chi connectivity index (χ2n) is 5.95. The molecule has 0 spiro atoms. The lowest BCUT2D eigenvalue weighted by atomic mass is 9.94. The minimum absolute atomic E-state index is 0.0302. The number of esters is 1. The van der Waals surface area contributed by atoms with Gasteiger partial charge in [-0.05, 0) is 37.2 Å². The Kier molecular flexibility index (Phi) is 3.78. The number of ether oxygens (including phenoxy) is 1. The standard InChI is InChI=1S/C18H20O2/c1-13-4-2-3-5-14(7-6-13)12-20-18(19)17-11-15-8-9-16(17)10-15/h5-9,13,15-17H,3,10-12H2,1H3/b7-6?,14-5+. The summed E-state index contributed by atoms with van der Waals surface area (Å²) in [6.45, 7) is 2.45. The maximum atomic E-state index is 12.2. The maximum absolute atomic E-state index is 12.2. The molecule has 0 aromatic carbocycles. The first-order chi connectivity index (χ1) is 9.72. The van der Waals surface area contributed by atoms with Gasteiger partial charge in [0.2, 0.25) is 0 Å². The Bertz CT molecular complexity index is 542.